The molecule has 1 heterocycles. The largest absolute Gasteiger partial charge is 0.477 e. The number of anilines is 1. The number of benzene rings is 1. The van der Waals surface area contributed by atoms with Crippen LogP contribution in [0.25, 0.3) is 5.69 Å². The summed E-state index contributed by atoms with van der Waals surface area (Å²) in [5.74, 6) is -0.254. The molecule has 0 radical (unpaired) electrons. The topological polar surface area (TPSA) is 58.4 Å². The van der Waals surface area contributed by atoms with Crippen LogP contribution in [0.5, 0.6) is 0 Å². The van der Waals surface area contributed by atoms with Gasteiger partial charge in [0.2, 0.25) is 0 Å². The maximum atomic E-state index is 11.6. The van der Waals surface area contributed by atoms with E-state index in [1.165, 1.54) is 0 Å². The number of carbonyl (C=O) groups is 1. The van der Waals surface area contributed by atoms with Gasteiger partial charge in [0.05, 0.1) is 11.4 Å². The minimum absolute atomic E-state index is 0.295. The number of para-hydroxylation sites is 1. The molecule has 1 aliphatic carbocycles. The molecule has 1 fully saturated rings. The molecule has 0 spiro atoms. The average molecular weight is 271 g/mol. The van der Waals surface area contributed by atoms with Crippen molar-refractivity contribution < 1.29 is 9.90 Å². The molecule has 2 aromatic rings. The van der Waals surface area contributed by atoms with E-state index >= 15 is 0 Å². The second kappa shape index (κ2) is 4.67. The van der Waals surface area contributed by atoms with Crippen LogP contribution in [0.1, 0.15) is 28.9 Å². The first-order chi connectivity index (χ1) is 9.59. The lowest BCUT2D eigenvalue weighted by atomic mass is 10.2. The van der Waals surface area contributed by atoms with Crippen LogP contribution in [0.3, 0.4) is 0 Å². The van der Waals surface area contributed by atoms with Crippen molar-refractivity contribution in [2.24, 2.45) is 0 Å². The zero-order valence-electron chi connectivity index (χ0n) is 11.6. The van der Waals surface area contributed by atoms with Gasteiger partial charge in [0.15, 0.2) is 0 Å². The summed E-state index contributed by atoms with van der Waals surface area (Å²) in [4.78, 5) is 13.6. The highest BCUT2D eigenvalue weighted by Crippen LogP contribution is 2.34. The van der Waals surface area contributed by atoms with Crippen molar-refractivity contribution in [3.63, 3.8) is 0 Å². The van der Waals surface area contributed by atoms with Crippen LogP contribution in [-0.4, -0.2) is 33.9 Å². The van der Waals surface area contributed by atoms with Gasteiger partial charge in [0, 0.05) is 13.1 Å². The summed E-state index contributed by atoms with van der Waals surface area (Å²) in [6, 6.07) is 10.1. The average Bonchev–Trinajstić information content (AvgIpc) is 3.21. The fourth-order valence-electron chi connectivity index (χ4n) is 2.48. The zero-order chi connectivity index (χ0) is 14.3. The molecule has 1 aromatic heterocycles. The van der Waals surface area contributed by atoms with Crippen molar-refractivity contribution in [2.75, 3.05) is 11.9 Å². The van der Waals surface area contributed by atoms with Gasteiger partial charge < -0.3 is 10.0 Å². The van der Waals surface area contributed by atoms with E-state index < -0.39 is 5.97 Å². The first kappa shape index (κ1) is 12.7. The maximum Gasteiger partial charge on any atom is 0.341 e. The molecule has 3 rings (SSSR count). The highest BCUT2D eigenvalue weighted by atomic mass is 16.4. The van der Waals surface area contributed by atoms with E-state index in [1.807, 2.05) is 42.3 Å². The number of aromatic carboxylic acids is 1. The van der Waals surface area contributed by atoms with Crippen molar-refractivity contribution in [1.29, 1.82) is 0 Å². The molecule has 20 heavy (non-hydrogen) atoms. The van der Waals surface area contributed by atoms with Crippen LogP contribution >= 0.6 is 0 Å². The van der Waals surface area contributed by atoms with Crippen LogP contribution in [0.15, 0.2) is 30.3 Å². The molecule has 0 unspecified atom stereocenters. The Hall–Kier alpha value is -2.30. The van der Waals surface area contributed by atoms with Crippen LogP contribution in [-0.2, 0) is 0 Å². The predicted molar refractivity (Wildman–Crippen MR) is 76.7 cm³/mol. The molecule has 5 nitrogen and oxygen atoms in total. The minimum atomic E-state index is -0.924. The maximum absolute atomic E-state index is 11.6. The number of aromatic nitrogens is 2. The molecule has 0 atom stereocenters. The second-order valence-electron chi connectivity index (χ2n) is 5.18. The fraction of sp³-hybridized carbons (Fsp3) is 0.333. The van der Waals surface area contributed by atoms with Crippen LogP contribution < -0.4 is 4.90 Å². The number of carboxylic acid groups (broad SMARTS) is 1. The Bertz CT molecular complexity index is 645. The van der Waals surface area contributed by atoms with E-state index in [0.29, 0.717) is 23.1 Å². The third-order valence-electron chi connectivity index (χ3n) is 3.68. The van der Waals surface area contributed by atoms with E-state index in [4.69, 9.17) is 0 Å². The van der Waals surface area contributed by atoms with Gasteiger partial charge in [0.25, 0.3) is 0 Å². The Labute approximate surface area is 117 Å². The quantitative estimate of drug-likeness (QED) is 0.928. The Morgan fingerprint density at radius 1 is 1.35 bits per heavy atom. The van der Waals surface area contributed by atoms with E-state index in [9.17, 15) is 9.90 Å². The Morgan fingerprint density at radius 3 is 2.55 bits per heavy atom. The molecule has 1 aromatic carbocycles. The molecule has 0 aliphatic heterocycles. The molecule has 0 saturated heterocycles. The summed E-state index contributed by atoms with van der Waals surface area (Å²) in [6.45, 7) is 1.74. The minimum Gasteiger partial charge on any atom is -0.477 e. The lowest BCUT2D eigenvalue weighted by Crippen LogP contribution is -2.24. The summed E-state index contributed by atoms with van der Waals surface area (Å²) < 4.78 is 1.73. The van der Waals surface area contributed by atoms with Gasteiger partial charge in [-0.25, -0.2) is 9.48 Å². The molecular formula is C15H17N3O2. The standard InChI is InChI=1S/C15H17N3O2/c1-10-13(15(19)20)14(17(2)11-8-9-11)18(16-10)12-6-4-3-5-7-12/h3-7,11H,8-9H2,1-2H3,(H,19,20). The van der Waals surface area contributed by atoms with E-state index in [1.54, 1.807) is 11.6 Å². The van der Waals surface area contributed by atoms with Gasteiger partial charge in [0.1, 0.15) is 11.4 Å². The molecule has 1 saturated carbocycles. The SMILES string of the molecule is Cc1nn(-c2ccccc2)c(N(C)C2CC2)c1C(=O)O. The first-order valence-corrected chi connectivity index (χ1v) is 6.70. The third kappa shape index (κ3) is 2.05. The summed E-state index contributed by atoms with van der Waals surface area (Å²) in [7, 11) is 1.94. The number of hydrogen-bond acceptors (Lipinski definition) is 3. The lowest BCUT2D eigenvalue weighted by Gasteiger charge is -2.20. The van der Waals surface area contributed by atoms with Crippen molar-refractivity contribution in [1.82, 2.24) is 9.78 Å². The van der Waals surface area contributed by atoms with Crippen molar-refractivity contribution in [2.45, 2.75) is 25.8 Å². The molecule has 1 N–H and O–H groups in total. The molecule has 1 aliphatic rings. The van der Waals surface area contributed by atoms with Crippen LogP contribution in [0.4, 0.5) is 5.82 Å². The third-order valence-corrected chi connectivity index (χ3v) is 3.68. The smallest absolute Gasteiger partial charge is 0.341 e. The summed E-state index contributed by atoms with van der Waals surface area (Å²) in [6.07, 6.45) is 2.21. The molecule has 0 amide bonds. The van der Waals surface area contributed by atoms with E-state index in [-0.39, 0.29) is 0 Å². The second-order valence-corrected chi connectivity index (χ2v) is 5.18. The number of rotatable bonds is 4. The summed E-state index contributed by atoms with van der Waals surface area (Å²) >= 11 is 0. The number of nitrogens with zero attached hydrogens (tertiary/aromatic N) is 3. The van der Waals surface area contributed by atoms with Crippen LogP contribution in [0, 0.1) is 6.92 Å². The lowest BCUT2D eigenvalue weighted by molar-refractivity contribution is 0.0697. The van der Waals surface area contributed by atoms with Gasteiger partial charge >= 0.3 is 5.97 Å². The van der Waals surface area contributed by atoms with Gasteiger partial charge in [-0.15, -0.1) is 0 Å². The number of hydrogen-bond donors (Lipinski definition) is 1. The van der Waals surface area contributed by atoms with Crippen LogP contribution in [0.2, 0.25) is 0 Å². The van der Waals surface area contributed by atoms with Gasteiger partial charge in [-0.2, -0.15) is 5.10 Å². The van der Waals surface area contributed by atoms with Crippen molar-refractivity contribution in [3.05, 3.63) is 41.6 Å². The highest BCUT2D eigenvalue weighted by Gasteiger charge is 2.33. The Balaban J connectivity index is 2.19. The van der Waals surface area contributed by atoms with E-state index in [0.717, 1.165) is 18.5 Å². The van der Waals surface area contributed by atoms with Crippen molar-refractivity contribution in [3.8, 4) is 5.69 Å². The molecule has 104 valence electrons. The fourth-order valence-corrected chi connectivity index (χ4v) is 2.48. The van der Waals surface area contributed by atoms with Gasteiger partial charge in [-0.3, -0.25) is 0 Å². The van der Waals surface area contributed by atoms with Gasteiger partial charge in [-0.1, -0.05) is 18.2 Å². The zero-order valence-corrected chi connectivity index (χ0v) is 11.6. The molecule has 0 bridgehead atoms. The van der Waals surface area contributed by atoms with Gasteiger partial charge in [-0.05, 0) is 31.9 Å². The molecule has 5 heteroatoms. The number of carboxylic acids is 1. The normalized spacial score (nSPS) is 14.3. The van der Waals surface area contributed by atoms with Crippen molar-refractivity contribution >= 4 is 11.8 Å². The monoisotopic (exact) mass is 271 g/mol. The Morgan fingerprint density at radius 2 is 2.00 bits per heavy atom. The number of aryl methyl sites for hydroxylation is 1. The van der Waals surface area contributed by atoms with E-state index in [2.05, 4.69) is 5.10 Å². The summed E-state index contributed by atoms with van der Waals surface area (Å²) in [5, 5.41) is 13.9. The summed E-state index contributed by atoms with van der Waals surface area (Å²) in [5.41, 5.74) is 1.72. The Kier molecular flexibility index (Phi) is 2.97. The predicted octanol–water partition coefficient (Wildman–Crippen LogP) is 2.48. The molecular weight excluding hydrogens is 254 g/mol. The highest BCUT2D eigenvalue weighted by molar-refractivity contribution is 5.95. The first-order valence-electron chi connectivity index (χ1n) is 6.70.